The normalized spacial score (nSPS) is 17.2. The van der Waals surface area contributed by atoms with Crippen molar-refractivity contribution in [1.82, 2.24) is 4.90 Å². The van der Waals surface area contributed by atoms with Gasteiger partial charge < -0.3 is 14.7 Å². The van der Waals surface area contributed by atoms with Crippen LogP contribution in [0.3, 0.4) is 0 Å². The van der Waals surface area contributed by atoms with E-state index in [1.165, 1.54) is 6.07 Å². The number of benzene rings is 1. The predicted molar refractivity (Wildman–Crippen MR) is 87.3 cm³/mol. The third kappa shape index (κ3) is 4.64. The Hall–Kier alpha value is -1.22. The van der Waals surface area contributed by atoms with Crippen molar-refractivity contribution in [3.05, 3.63) is 32.8 Å². The standard InChI is InChI=1S/C14H20BrN3O4/c1-16(9-12(19)10-17-4-6-22-7-5-17)14-8-11(15)2-3-13(14)18(20)21/h2-3,8,12,19H,4-7,9-10H2,1H3. The molecule has 1 atom stereocenters. The average molecular weight is 374 g/mol. The maximum absolute atomic E-state index is 11.1. The fourth-order valence-corrected chi connectivity index (χ4v) is 2.86. The zero-order chi connectivity index (χ0) is 16.1. The molecule has 1 unspecified atom stereocenters. The van der Waals surface area contributed by atoms with Crippen LogP contribution >= 0.6 is 15.9 Å². The van der Waals surface area contributed by atoms with Crippen LogP contribution in [0, 0.1) is 10.1 Å². The molecule has 0 amide bonds. The number of halogens is 1. The second kappa shape index (κ2) is 7.87. The van der Waals surface area contributed by atoms with Gasteiger partial charge in [-0.3, -0.25) is 15.0 Å². The summed E-state index contributed by atoms with van der Waals surface area (Å²) in [5.74, 6) is 0. The number of hydrogen-bond donors (Lipinski definition) is 1. The summed E-state index contributed by atoms with van der Waals surface area (Å²) in [6.45, 7) is 3.83. The Morgan fingerprint density at radius 1 is 1.50 bits per heavy atom. The molecule has 1 fully saturated rings. The minimum absolute atomic E-state index is 0.0317. The molecule has 1 aliphatic heterocycles. The number of morpholine rings is 1. The van der Waals surface area contributed by atoms with Gasteiger partial charge in [-0.25, -0.2) is 0 Å². The second-order valence-corrected chi connectivity index (χ2v) is 6.25. The highest BCUT2D eigenvalue weighted by Gasteiger charge is 2.21. The Bertz CT molecular complexity index is 523. The summed E-state index contributed by atoms with van der Waals surface area (Å²) < 4.78 is 6.04. The Morgan fingerprint density at radius 3 is 2.82 bits per heavy atom. The van der Waals surface area contributed by atoms with Crippen molar-refractivity contribution >= 4 is 27.3 Å². The van der Waals surface area contributed by atoms with Crippen molar-refractivity contribution in [1.29, 1.82) is 0 Å². The number of nitro groups is 1. The first-order chi connectivity index (χ1) is 10.5. The van der Waals surface area contributed by atoms with E-state index in [1.54, 1.807) is 24.1 Å². The van der Waals surface area contributed by atoms with Gasteiger partial charge in [0.05, 0.1) is 24.2 Å². The summed E-state index contributed by atoms with van der Waals surface area (Å²) in [4.78, 5) is 14.6. The molecule has 1 N–H and O–H groups in total. The third-order valence-electron chi connectivity index (χ3n) is 3.60. The van der Waals surface area contributed by atoms with Crippen LogP contribution in [0.5, 0.6) is 0 Å². The summed E-state index contributed by atoms with van der Waals surface area (Å²) in [6.07, 6.45) is -0.582. The fraction of sp³-hybridized carbons (Fsp3) is 0.571. The quantitative estimate of drug-likeness (QED) is 0.601. The van der Waals surface area contributed by atoms with E-state index >= 15 is 0 Å². The van der Waals surface area contributed by atoms with Gasteiger partial charge in [0, 0.05) is 43.8 Å². The largest absolute Gasteiger partial charge is 0.390 e. The number of nitrogens with zero attached hydrogens (tertiary/aromatic N) is 3. The first-order valence-electron chi connectivity index (χ1n) is 7.10. The molecule has 1 heterocycles. The van der Waals surface area contributed by atoms with Crippen LogP contribution in [0.2, 0.25) is 0 Å². The van der Waals surface area contributed by atoms with Crippen molar-refractivity contribution in [3.63, 3.8) is 0 Å². The molecule has 0 bridgehead atoms. The van der Waals surface area contributed by atoms with Crippen LogP contribution in [-0.2, 0) is 4.74 Å². The van der Waals surface area contributed by atoms with E-state index in [0.717, 1.165) is 17.6 Å². The van der Waals surface area contributed by atoms with E-state index in [4.69, 9.17) is 4.74 Å². The minimum Gasteiger partial charge on any atom is -0.390 e. The van der Waals surface area contributed by atoms with Crippen LogP contribution in [0.4, 0.5) is 11.4 Å². The molecule has 0 saturated carbocycles. The van der Waals surface area contributed by atoms with Gasteiger partial charge in [0.25, 0.3) is 5.69 Å². The van der Waals surface area contributed by atoms with Gasteiger partial charge in [0.1, 0.15) is 5.69 Å². The van der Waals surface area contributed by atoms with E-state index in [-0.39, 0.29) is 5.69 Å². The molecular formula is C14H20BrN3O4. The Morgan fingerprint density at radius 2 is 2.18 bits per heavy atom. The van der Waals surface area contributed by atoms with Crippen molar-refractivity contribution in [3.8, 4) is 0 Å². The zero-order valence-electron chi connectivity index (χ0n) is 12.4. The Labute approximate surface area is 137 Å². The van der Waals surface area contributed by atoms with Crippen molar-refractivity contribution in [2.24, 2.45) is 0 Å². The van der Waals surface area contributed by atoms with Gasteiger partial charge in [-0.15, -0.1) is 0 Å². The number of likely N-dealkylation sites (N-methyl/N-ethyl adjacent to an activating group) is 1. The molecule has 1 saturated heterocycles. The SMILES string of the molecule is CN(CC(O)CN1CCOCC1)c1cc(Br)ccc1[N+](=O)[O-]. The molecule has 22 heavy (non-hydrogen) atoms. The lowest BCUT2D eigenvalue weighted by molar-refractivity contribution is -0.384. The predicted octanol–water partition coefficient (Wildman–Crippen LogP) is 1.49. The lowest BCUT2D eigenvalue weighted by Crippen LogP contribution is -2.44. The number of nitro benzene ring substituents is 1. The van der Waals surface area contributed by atoms with Gasteiger partial charge in [-0.2, -0.15) is 0 Å². The van der Waals surface area contributed by atoms with Crippen molar-refractivity contribution in [2.45, 2.75) is 6.10 Å². The van der Waals surface area contributed by atoms with Crippen LogP contribution in [0.25, 0.3) is 0 Å². The molecule has 0 spiro atoms. The Kier molecular flexibility index (Phi) is 6.13. The zero-order valence-corrected chi connectivity index (χ0v) is 14.0. The van der Waals surface area contributed by atoms with Crippen LogP contribution in [-0.4, -0.2) is 67.5 Å². The topological polar surface area (TPSA) is 79.1 Å². The molecule has 0 aliphatic carbocycles. The molecule has 2 rings (SSSR count). The van der Waals surface area contributed by atoms with E-state index < -0.39 is 11.0 Å². The molecule has 8 heteroatoms. The van der Waals surface area contributed by atoms with Crippen LogP contribution in [0.15, 0.2) is 22.7 Å². The number of rotatable bonds is 6. The maximum atomic E-state index is 11.1. The van der Waals surface area contributed by atoms with Crippen molar-refractivity contribution in [2.75, 3.05) is 51.3 Å². The monoisotopic (exact) mass is 373 g/mol. The number of β-amino-alcohol motifs (C(OH)–C–C–N with tert-alkyl or cyclic N) is 1. The fourth-order valence-electron chi connectivity index (χ4n) is 2.51. The molecule has 1 aromatic rings. The summed E-state index contributed by atoms with van der Waals surface area (Å²) in [5, 5.41) is 21.3. The lowest BCUT2D eigenvalue weighted by Gasteiger charge is -2.30. The highest BCUT2D eigenvalue weighted by atomic mass is 79.9. The third-order valence-corrected chi connectivity index (χ3v) is 4.10. The first kappa shape index (κ1) is 17.1. The number of ether oxygens (including phenoxy) is 1. The van der Waals surface area contributed by atoms with Gasteiger partial charge in [-0.1, -0.05) is 15.9 Å². The van der Waals surface area contributed by atoms with E-state index in [0.29, 0.717) is 32.0 Å². The molecule has 122 valence electrons. The number of aliphatic hydroxyl groups excluding tert-OH is 1. The average Bonchev–Trinajstić information content (AvgIpc) is 2.47. The Balaban J connectivity index is 2.00. The summed E-state index contributed by atoms with van der Waals surface area (Å²) in [7, 11) is 1.75. The van der Waals surface area contributed by atoms with E-state index in [1.807, 2.05) is 0 Å². The lowest BCUT2D eigenvalue weighted by atomic mass is 10.2. The first-order valence-corrected chi connectivity index (χ1v) is 7.90. The second-order valence-electron chi connectivity index (χ2n) is 5.34. The molecule has 0 radical (unpaired) electrons. The molecule has 1 aliphatic rings. The highest BCUT2D eigenvalue weighted by molar-refractivity contribution is 9.10. The number of anilines is 1. The smallest absolute Gasteiger partial charge is 0.292 e. The summed E-state index contributed by atoms with van der Waals surface area (Å²) in [6, 6.07) is 4.80. The summed E-state index contributed by atoms with van der Waals surface area (Å²) in [5.41, 5.74) is 0.518. The van der Waals surface area contributed by atoms with Gasteiger partial charge in [-0.05, 0) is 12.1 Å². The van der Waals surface area contributed by atoms with E-state index in [9.17, 15) is 15.2 Å². The van der Waals surface area contributed by atoms with Gasteiger partial charge in [0.15, 0.2) is 0 Å². The van der Waals surface area contributed by atoms with Crippen molar-refractivity contribution < 1.29 is 14.8 Å². The molecule has 0 aromatic heterocycles. The summed E-state index contributed by atoms with van der Waals surface area (Å²) >= 11 is 3.33. The van der Waals surface area contributed by atoms with Crippen LogP contribution < -0.4 is 4.90 Å². The minimum atomic E-state index is -0.582. The van der Waals surface area contributed by atoms with Crippen LogP contribution in [0.1, 0.15) is 0 Å². The van der Waals surface area contributed by atoms with Gasteiger partial charge >= 0.3 is 0 Å². The van der Waals surface area contributed by atoms with E-state index in [2.05, 4.69) is 20.8 Å². The molecular weight excluding hydrogens is 354 g/mol. The maximum Gasteiger partial charge on any atom is 0.292 e. The molecule has 7 nitrogen and oxygen atoms in total. The number of hydrogen-bond acceptors (Lipinski definition) is 6. The number of aliphatic hydroxyl groups is 1. The molecule has 1 aromatic carbocycles. The highest BCUT2D eigenvalue weighted by Crippen LogP contribution is 2.30. The van der Waals surface area contributed by atoms with Gasteiger partial charge in [0.2, 0.25) is 0 Å².